The second kappa shape index (κ2) is 9.24. The van der Waals surface area contributed by atoms with E-state index in [1.165, 1.54) is 16.7 Å². The zero-order valence-corrected chi connectivity index (χ0v) is 22.4. The lowest BCUT2D eigenvalue weighted by molar-refractivity contribution is -0.137. The van der Waals surface area contributed by atoms with Crippen molar-refractivity contribution in [1.82, 2.24) is 19.9 Å². The molecule has 1 N–H and O–H groups in total. The molecule has 3 aromatic carbocycles. The van der Waals surface area contributed by atoms with E-state index >= 15 is 0 Å². The first-order chi connectivity index (χ1) is 18.2. The van der Waals surface area contributed by atoms with Crippen molar-refractivity contribution in [2.75, 3.05) is 6.54 Å². The Morgan fingerprint density at radius 2 is 1.97 bits per heavy atom. The molecule has 196 valence electrons. The van der Waals surface area contributed by atoms with E-state index < -0.39 is 5.97 Å². The van der Waals surface area contributed by atoms with Crippen LogP contribution in [0, 0.1) is 6.92 Å². The van der Waals surface area contributed by atoms with Crippen LogP contribution in [0.1, 0.15) is 72.0 Å². The Bertz CT molecular complexity index is 1540. The maximum Gasteiger partial charge on any atom is 0.304 e. The maximum absolute atomic E-state index is 12.1. The fourth-order valence-corrected chi connectivity index (χ4v) is 6.45. The van der Waals surface area contributed by atoms with Crippen molar-refractivity contribution in [3.63, 3.8) is 0 Å². The van der Waals surface area contributed by atoms with Crippen LogP contribution in [0.4, 0.5) is 0 Å². The molecule has 4 aromatic rings. The van der Waals surface area contributed by atoms with E-state index in [0.29, 0.717) is 0 Å². The highest BCUT2D eigenvalue weighted by atomic mass is 16.5. The topological polar surface area (TPSA) is 80.5 Å². The van der Waals surface area contributed by atoms with Crippen molar-refractivity contribution in [3.8, 4) is 5.75 Å². The van der Waals surface area contributed by atoms with Gasteiger partial charge in [0.2, 0.25) is 0 Å². The van der Waals surface area contributed by atoms with Gasteiger partial charge in [-0.05, 0) is 73.6 Å². The second-order valence-corrected chi connectivity index (χ2v) is 11.4. The molecule has 7 heteroatoms. The van der Waals surface area contributed by atoms with Gasteiger partial charge < -0.3 is 9.84 Å². The number of nitrogens with zero attached hydrogens (tertiary/aromatic N) is 4. The first-order valence-corrected chi connectivity index (χ1v) is 13.3. The fourth-order valence-electron chi connectivity index (χ4n) is 6.45. The summed E-state index contributed by atoms with van der Waals surface area (Å²) in [6.07, 6.45) is 2.09. The van der Waals surface area contributed by atoms with Gasteiger partial charge in [0, 0.05) is 37.7 Å². The van der Waals surface area contributed by atoms with E-state index in [9.17, 15) is 9.90 Å². The first kappa shape index (κ1) is 24.6. The van der Waals surface area contributed by atoms with Crippen molar-refractivity contribution in [3.05, 3.63) is 88.0 Å². The van der Waals surface area contributed by atoms with E-state index in [1.54, 1.807) is 4.68 Å². The average Bonchev–Trinajstić information content (AvgIpc) is 3.43. The highest BCUT2D eigenvalue weighted by Gasteiger charge is 2.36. The smallest absolute Gasteiger partial charge is 0.304 e. The summed E-state index contributed by atoms with van der Waals surface area (Å²) in [7, 11) is 1.87. The number of carbonyl (C=O) groups is 1. The monoisotopic (exact) mass is 510 g/mol. The summed E-state index contributed by atoms with van der Waals surface area (Å²) in [5.74, 6) is -0.118. The predicted molar refractivity (Wildman–Crippen MR) is 146 cm³/mol. The standard InChI is InChI=1S/C31H34N4O3/c1-19-23(12-14-27-30(19)32-33-34(27)4)24(16-29(36)37)21-10-9-20-11-13-26(25(20)15-21)35-17-22-7-5-6-8-28(22)38-31(2,3)18-35/h5-10,12,14-15,24,26H,11,13,16-18H2,1-4H3,(H,36,37)/t24-,26+/m0/s1. The number of aromatic nitrogens is 3. The van der Waals surface area contributed by atoms with Gasteiger partial charge in [0.15, 0.2) is 0 Å². The number of ether oxygens (including phenoxy) is 1. The van der Waals surface area contributed by atoms with Gasteiger partial charge in [-0.2, -0.15) is 0 Å². The molecule has 7 nitrogen and oxygen atoms in total. The highest BCUT2D eigenvalue weighted by Crippen LogP contribution is 2.43. The maximum atomic E-state index is 12.1. The van der Waals surface area contributed by atoms with Crippen LogP contribution >= 0.6 is 0 Å². The molecule has 6 rings (SSSR count). The lowest BCUT2D eigenvalue weighted by Crippen LogP contribution is -2.41. The third-order valence-corrected chi connectivity index (χ3v) is 8.21. The molecule has 2 atom stereocenters. The van der Waals surface area contributed by atoms with Gasteiger partial charge in [0.05, 0.1) is 11.9 Å². The van der Waals surface area contributed by atoms with Gasteiger partial charge in [0.1, 0.15) is 16.9 Å². The lowest BCUT2D eigenvalue weighted by Gasteiger charge is -2.34. The molecule has 0 saturated carbocycles. The zero-order chi connectivity index (χ0) is 26.6. The highest BCUT2D eigenvalue weighted by molar-refractivity contribution is 5.80. The van der Waals surface area contributed by atoms with Crippen molar-refractivity contribution in [2.45, 2.75) is 64.1 Å². The summed E-state index contributed by atoms with van der Waals surface area (Å²) in [5, 5.41) is 18.4. The molecule has 38 heavy (non-hydrogen) atoms. The Morgan fingerprint density at radius 3 is 2.79 bits per heavy atom. The third kappa shape index (κ3) is 4.35. The molecule has 1 aliphatic carbocycles. The second-order valence-electron chi connectivity index (χ2n) is 11.4. The van der Waals surface area contributed by atoms with E-state index in [1.807, 2.05) is 32.2 Å². The zero-order valence-electron chi connectivity index (χ0n) is 22.4. The van der Waals surface area contributed by atoms with Gasteiger partial charge in [-0.3, -0.25) is 9.69 Å². The summed E-state index contributed by atoms with van der Waals surface area (Å²) in [6, 6.07) is 19.2. The molecule has 1 aromatic heterocycles. The Labute approximate surface area is 223 Å². The van der Waals surface area contributed by atoms with Crippen LogP contribution in [-0.4, -0.2) is 43.1 Å². The molecule has 0 unspecified atom stereocenters. The quantitative estimate of drug-likeness (QED) is 0.380. The number of rotatable bonds is 5. The van der Waals surface area contributed by atoms with Crippen molar-refractivity contribution in [2.24, 2.45) is 7.05 Å². The molecule has 0 saturated heterocycles. The van der Waals surface area contributed by atoms with Crippen LogP contribution in [-0.2, 0) is 24.8 Å². The van der Waals surface area contributed by atoms with E-state index in [2.05, 4.69) is 65.5 Å². The number of carboxylic acids is 1. The molecule has 0 amide bonds. The number of aryl methyl sites for hydroxylation is 3. The van der Waals surface area contributed by atoms with Crippen molar-refractivity contribution < 1.29 is 14.6 Å². The van der Waals surface area contributed by atoms with E-state index in [0.717, 1.165) is 59.4 Å². The summed E-state index contributed by atoms with van der Waals surface area (Å²) >= 11 is 0. The third-order valence-electron chi connectivity index (χ3n) is 8.21. The molecule has 0 spiro atoms. The van der Waals surface area contributed by atoms with Gasteiger partial charge in [-0.1, -0.05) is 47.7 Å². The fraction of sp³-hybridized carbons (Fsp3) is 0.387. The molecule has 2 aliphatic rings. The predicted octanol–water partition coefficient (Wildman–Crippen LogP) is 5.54. The molecular formula is C31H34N4O3. The Hall–Kier alpha value is -3.71. The molecule has 1 aliphatic heterocycles. The summed E-state index contributed by atoms with van der Waals surface area (Å²) < 4.78 is 8.17. The minimum atomic E-state index is -0.811. The van der Waals surface area contributed by atoms with Crippen LogP contribution < -0.4 is 4.74 Å². The van der Waals surface area contributed by atoms with Crippen molar-refractivity contribution in [1.29, 1.82) is 0 Å². The number of hydrogen-bond donors (Lipinski definition) is 1. The Balaban J connectivity index is 1.40. The molecule has 0 radical (unpaired) electrons. The number of hydrogen-bond acceptors (Lipinski definition) is 5. The van der Waals surface area contributed by atoms with Crippen LogP contribution in [0.2, 0.25) is 0 Å². The van der Waals surface area contributed by atoms with Gasteiger partial charge in [-0.25, -0.2) is 4.68 Å². The number of aliphatic carboxylic acids is 1. The number of carboxylic acid groups (broad SMARTS) is 1. The van der Waals surface area contributed by atoms with Crippen LogP contribution in [0.3, 0.4) is 0 Å². The number of fused-ring (bicyclic) bond motifs is 3. The molecule has 2 heterocycles. The minimum Gasteiger partial charge on any atom is -0.486 e. The Kier molecular flexibility index (Phi) is 5.99. The molecule has 0 fully saturated rings. The average molecular weight is 511 g/mol. The normalized spacial score (nSPS) is 19.4. The van der Waals surface area contributed by atoms with Crippen LogP contribution in [0.25, 0.3) is 11.0 Å². The number of benzene rings is 3. The van der Waals surface area contributed by atoms with Gasteiger partial charge >= 0.3 is 5.97 Å². The number of para-hydroxylation sites is 1. The summed E-state index contributed by atoms with van der Waals surface area (Å²) in [6.45, 7) is 7.98. The molecular weight excluding hydrogens is 476 g/mol. The minimum absolute atomic E-state index is 0.0218. The van der Waals surface area contributed by atoms with Crippen LogP contribution in [0.5, 0.6) is 5.75 Å². The summed E-state index contributed by atoms with van der Waals surface area (Å²) in [4.78, 5) is 14.6. The largest absolute Gasteiger partial charge is 0.486 e. The van der Waals surface area contributed by atoms with Gasteiger partial charge in [-0.15, -0.1) is 5.10 Å². The van der Waals surface area contributed by atoms with Gasteiger partial charge in [0.25, 0.3) is 0 Å². The molecule has 0 bridgehead atoms. The first-order valence-electron chi connectivity index (χ1n) is 13.3. The summed E-state index contributed by atoms with van der Waals surface area (Å²) in [5.41, 5.74) is 8.34. The SMILES string of the molecule is Cc1c([C@@H](CC(=O)O)c2ccc3c(c2)[C@H](N2Cc4ccccc4OC(C)(C)C2)CC3)ccc2c1nnn2C. The lowest BCUT2D eigenvalue weighted by atomic mass is 9.84. The van der Waals surface area contributed by atoms with Crippen LogP contribution in [0.15, 0.2) is 54.6 Å². The van der Waals surface area contributed by atoms with Crippen molar-refractivity contribution >= 4 is 17.0 Å². The Morgan fingerprint density at radius 1 is 1.16 bits per heavy atom. The van der Waals surface area contributed by atoms with E-state index in [4.69, 9.17) is 4.74 Å². The van der Waals surface area contributed by atoms with E-state index in [-0.39, 0.29) is 24.0 Å².